The van der Waals surface area contributed by atoms with Gasteiger partial charge in [-0.25, -0.2) is 4.79 Å². The summed E-state index contributed by atoms with van der Waals surface area (Å²) in [5.74, 6) is 1.03. The maximum atomic E-state index is 11.4. The second kappa shape index (κ2) is 3.87. The molecule has 1 saturated carbocycles. The molecule has 4 nitrogen and oxygen atoms in total. The second-order valence-electron chi connectivity index (χ2n) is 4.92. The summed E-state index contributed by atoms with van der Waals surface area (Å²) in [5, 5.41) is 10.4. The number of hydrogen-bond donors (Lipinski definition) is 1. The van der Waals surface area contributed by atoms with Gasteiger partial charge in [-0.1, -0.05) is 0 Å². The van der Waals surface area contributed by atoms with Gasteiger partial charge in [0, 0.05) is 16.2 Å². The van der Waals surface area contributed by atoms with E-state index in [1.807, 2.05) is 12.1 Å². The van der Waals surface area contributed by atoms with Gasteiger partial charge in [-0.05, 0) is 30.4 Å². The Morgan fingerprint density at radius 3 is 2.53 bits per heavy atom. The van der Waals surface area contributed by atoms with Gasteiger partial charge in [-0.15, -0.1) is 11.3 Å². The fraction of sp³-hybridized carbons (Fsp3) is 0.357. The van der Waals surface area contributed by atoms with Gasteiger partial charge >= 0.3 is 5.97 Å². The molecule has 1 aromatic carbocycles. The van der Waals surface area contributed by atoms with Crippen LogP contribution < -0.4 is 9.47 Å². The van der Waals surface area contributed by atoms with Gasteiger partial charge in [-0.3, -0.25) is 0 Å². The first-order valence-electron chi connectivity index (χ1n) is 6.33. The fourth-order valence-electron chi connectivity index (χ4n) is 2.59. The molecule has 2 heterocycles. The van der Waals surface area contributed by atoms with E-state index >= 15 is 0 Å². The Hall–Kier alpha value is -1.75. The smallest absolute Gasteiger partial charge is 0.346 e. The highest BCUT2D eigenvalue weighted by Crippen LogP contribution is 2.50. The first-order valence-corrected chi connectivity index (χ1v) is 7.15. The Labute approximate surface area is 113 Å². The van der Waals surface area contributed by atoms with Crippen molar-refractivity contribution in [2.45, 2.75) is 18.8 Å². The van der Waals surface area contributed by atoms with Crippen molar-refractivity contribution in [2.24, 2.45) is 0 Å². The summed E-state index contributed by atoms with van der Waals surface area (Å²) in [7, 11) is 0. The van der Waals surface area contributed by atoms with Crippen LogP contribution in [0.3, 0.4) is 0 Å². The topological polar surface area (TPSA) is 55.8 Å². The van der Waals surface area contributed by atoms with Crippen LogP contribution in [-0.2, 0) is 0 Å². The molecule has 1 N–H and O–H groups in total. The highest BCUT2D eigenvalue weighted by atomic mass is 32.1. The Morgan fingerprint density at radius 2 is 1.89 bits per heavy atom. The fourth-order valence-corrected chi connectivity index (χ4v) is 3.73. The monoisotopic (exact) mass is 276 g/mol. The van der Waals surface area contributed by atoms with Crippen LogP contribution >= 0.6 is 11.3 Å². The summed E-state index contributed by atoms with van der Waals surface area (Å²) in [5.41, 5.74) is 0.990. The van der Waals surface area contributed by atoms with Gasteiger partial charge in [0.15, 0.2) is 11.5 Å². The molecule has 4 rings (SSSR count). The summed E-state index contributed by atoms with van der Waals surface area (Å²) in [4.78, 5) is 11.9. The Balaban J connectivity index is 1.99. The summed E-state index contributed by atoms with van der Waals surface area (Å²) >= 11 is 1.34. The molecular weight excluding hydrogens is 264 g/mol. The lowest BCUT2D eigenvalue weighted by Gasteiger charge is -2.18. The average molecular weight is 276 g/mol. The summed E-state index contributed by atoms with van der Waals surface area (Å²) in [6.07, 6.45) is 2.17. The molecule has 0 radical (unpaired) electrons. The lowest BCUT2D eigenvalue weighted by molar-refractivity contribution is 0.0701. The minimum atomic E-state index is -0.831. The van der Waals surface area contributed by atoms with Crippen LogP contribution in [0, 0.1) is 0 Å². The number of carboxylic acid groups (broad SMARTS) is 1. The zero-order chi connectivity index (χ0) is 13.0. The average Bonchev–Trinajstić information content (AvgIpc) is 3.17. The molecule has 1 aliphatic heterocycles. The van der Waals surface area contributed by atoms with E-state index < -0.39 is 5.97 Å². The van der Waals surface area contributed by atoms with Crippen LogP contribution in [0.5, 0.6) is 11.5 Å². The predicted molar refractivity (Wildman–Crippen MR) is 71.7 cm³/mol. The van der Waals surface area contributed by atoms with E-state index in [2.05, 4.69) is 0 Å². The molecule has 5 heteroatoms. The van der Waals surface area contributed by atoms with E-state index in [1.165, 1.54) is 11.3 Å². The van der Waals surface area contributed by atoms with Crippen LogP contribution in [-0.4, -0.2) is 24.3 Å². The second-order valence-corrected chi connectivity index (χ2v) is 5.97. The number of carboxylic acids is 1. The Bertz CT molecular complexity index is 684. The van der Waals surface area contributed by atoms with Crippen molar-refractivity contribution in [1.29, 1.82) is 0 Å². The van der Waals surface area contributed by atoms with Gasteiger partial charge in [-0.2, -0.15) is 0 Å². The first-order chi connectivity index (χ1) is 9.24. The maximum absolute atomic E-state index is 11.4. The zero-order valence-electron chi connectivity index (χ0n) is 10.1. The van der Waals surface area contributed by atoms with Crippen molar-refractivity contribution >= 4 is 27.4 Å². The molecule has 0 bridgehead atoms. The van der Waals surface area contributed by atoms with Crippen LogP contribution in [0.25, 0.3) is 10.1 Å². The number of rotatable bonds is 2. The minimum Gasteiger partial charge on any atom is -0.486 e. The highest BCUT2D eigenvalue weighted by molar-refractivity contribution is 7.21. The lowest BCUT2D eigenvalue weighted by atomic mass is 10.1. The van der Waals surface area contributed by atoms with E-state index in [1.54, 1.807) is 0 Å². The number of fused-ring (bicyclic) bond motifs is 2. The van der Waals surface area contributed by atoms with E-state index in [0.29, 0.717) is 24.0 Å². The third kappa shape index (κ3) is 1.69. The van der Waals surface area contributed by atoms with E-state index in [-0.39, 0.29) is 0 Å². The standard InChI is InChI=1S/C14H12O4S/c15-14(16)13-12(7-1-2-7)8-5-9-10(6-11(8)19-13)18-4-3-17-9/h5-7H,1-4H2,(H,15,16). The molecule has 1 fully saturated rings. The maximum Gasteiger partial charge on any atom is 0.346 e. The minimum absolute atomic E-state index is 0.405. The van der Waals surface area contributed by atoms with Crippen molar-refractivity contribution in [2.75, 3.05) is 13.2 Å². The third-order valence-electron chi connectivity index (χ3n) is 3.57. The number of aromatic carboxylic acids is 1. The van der Waals surface area contributed by atoms with Gasteiger partial charge in [0.1, 0.15) is 18.1 Å². The molecule has 1 aromatic heterocycles. The predicted octanol–water partition coefficient (Wildman–Crippen LogP) is 3.25. The molecule has 0 spiro atoms. The number of thiophene rings is 1. The van der Waals surface area contributed by atoms with Gasteiger partial charge in [0.25, 0.3) is 0 Å². The van der Waals surface area contributed by atoms with E-state index in [4.69, 9.17) is 9.47 Å². The summed E-state index contributed by atoms with van der Waals surface area (Å²) in [6.45, 7) is 1.10. The van der Waals surface area contributed by atoms with Gasteiger partial charge < -0.3 is 14.6 Å². The van der Waals surface area contributed by atoms with E-state index in [9.17, 15) is 9.90 Å². The van der Waals surface area contributed by atoms with Crippen molar-refractivity contribution in [3.8, 4) is 11.5 Å². The molecule has 0 atom stereocenters. The Morgan fingerprint density at radius 1 is 1.21 bits per heavy atom. The molecule has 0 amide bonds. The summed E-state index contributed by atoms with van der Waals surface area (Å²) in [6, 6.07) is 3.85. The van der Waals surface area contributed by atoms with Crippen molar-refractivity contribution in [1.82, 2.24) is 0 Å². The Kier molecular flexibility index (Phi) is 2.26. The van der Waals surface area contributed by atoms with Gasteiger partial charge in [0.2, 0.25) is 0 Å². The van der Waals surface area contributed by atoms with Crippen molar-refractivity contribution in [3.63, 3.8) is 0 Å². The van der Waals surface area contributed by atoms with Crippen LogP contribution in [0.2, 0.25) is 0 Å². The van der Waals surface area contributed by atoms with Crippen LogP contribution in [0.15, 0.2) is 12.1 Å². The number of carbonyl (C=O) groups is 1. The largest absolute Gasteiger partial charge is 0.486 e. The number of benzene rings is 1. The lowest BCUT2D eigenvalue weighted by Crippen LogP contribution is -2.15. The quantitative estimate of drug-likeness (QED) is 0.914. The first kappa shape index (κ1) is 11.1. The van der Waals surface area contributed by atoms with Crippen molar-refractivity contribution < 1.29 is 19.4 Å². The molecule has 98 valence electrons. The number of hydrogen-bond acceptors (Lipinski definition) is 4. The molecule has 2 aromatic rings. The normalized spacial score (nSPS) is 17.7. The van der Waals surface area contributed by atoms with Crippen molar-refractivity contribution in [3.05, 3.63) is 22.6 Å². The summed E-state index contributed by atoms with van der Waals surface area (Å²) < 4.78 is 12.1. The van der Waals surface area contributed by atoms with Crippen LogP contribution in [0.1, 0.15) is 34.0 Å². The van der Waals surface area contributed by atoms with Gasteiger partial charge in [0.05, 0.1) is 0 Å². The molecule has 19 heavy (non-hydrogen) atoms. The molecule has 1 aliphatic carbocycles. The highest BCUT2D eigenvalue weighted by Gasteiger charge is 2.32. The third-order valence-corrected chi connectivity index (χ3v) is 4.73. The van der Waals surface area contributed by atoms with E-state index in [0.717, 1.165) is 40.0 Å². The molecule has 2 aliphatic rings. The zero-order valence-corrected chi connectivity index (χ0v) is 11.0. The molecule has 0 saturated heterocycles. The van der Waals surface area contributed by atoms with Crippen LogP contribution in [0.4, 0.5) is 0 Å². The SMILES string of the molecule is O=C(O)c1sc2cc3c(cc2c1C1CC1)OCCO3. The molecular formula is C14H12O4S. The number of ether oxygens (including phenoxy) is 2. The molecule has 0 unspecified atom stereocenters.